The first-order valence-corrected chi connectivity index (χ1v) is 6.17. The molecule has 2 aromatic carbocycles. The average Bonchev–Trinajstić information content (AvgIpc) is 2.46. The van der Waals surface area contributed by atoms with Crippen molar-refractivity contribution in [2.45, 2.75) is 0 Å². The molecule has 3 nitrogen and oxygen atoms in total. The Morgan fingerprint density at radius 3 is 2.55 bits per heavy atom. The molecule has 0 atom stereocenters. The molecule has 0 radical (unpaired) electrons. The summed E-state index contributed by atoms with van der Waals surface area (Å²) in [6, 6.07) is 13.4. The molecular formula is C15H14BFO3. The first kappa shape index (κ1) is 14.3. The molecule has 102 valence electrons. The number of halogens is 1. The Morgan fingerprint density at radius 2 is 1.85 bits per heavy atom. The second-order valence-corrected chi connectivity index (χ2v) is 4.19. The molecule has 2 rings (SSSR count). The van der Waals surface area contributed by atoms with Gasteiger partial charge in [0.2, 0.25) is 0 Å². The van der Waals surface area contributed by atoms with Gasteiger partial charge in [0.15, 0.2) is 11.6 Å². The second kappa shape index (κ2) is 6.89. The molecule has 0 aliphatic rings. The minimum atomic E-state index is -1.64. The van der Waals surface area contributed by atoms with Crippen LogP contribution < -0.4 is 10.2 Å². The van der Waals surface area contributed by atoms with Crippen molar-refractivity contribution in [2.75, 3.05) is 6.61 Å². The number of hydrogen-bond acceptors (Lipinski definition) is 3. The third kappa shape index (κ3) is 3.95. The summed E-state index contributed by atoms with van der Waals surface area (Å²) < 4.78 is 18.7. The molecule has 0 aliphatic carbocycles. The third-order valence-corrected chi connectivity index (χ3v) is 2.70. The van der Waals surface area contributed by atoms with Crippen LogP contribution in [0.3, 0.4) is 0 Å². The molecule has 2 N–H and O–H groups in total. The molecule has 0 fully saturated rings. The Bertz CT molecular complexity index is 585. The molecule has 0 saturated carbocycles. The van der Waals surface area contributed by atoms with E-state index in [-0.39, 0.29) is 17.8 Å². The molecule has 0 spiro atoms. The van der Waals surface area contributed by atoms with E-state index in [0.29, 0.717) is 0 Å². The zero-order valence-corrected chi connectivity index (χ0v) is 10.7. The summed E-state index contributed by atoms with van der Waals surface area (Å²) in [5.41, 5.74) is 1.21. The zero-order chi connectivity index (χ0) is 14.4. The molecule has 0 aromatic heterocycles. The first-order valence-electron chi connectivity index (χ1n) is 6.17. The van der Waals surface area contributed by atoms with E-state index in [0.717, 1.165) is 11.6 Å². The van der Waals surface area contributed by atoms with Crippen LogP contribution in [-0.2, 0) is 0 Å². The molecule has 0 bridgehead atoms. The van der Waals surface area contributed by atoms with Gasteiger partial charge < -0.3 is 14.8 Å². The van der Waals surface area contributed by atoms with E-state index < -0.39 is 12.9 Å². The lowest BCUT2D eigenvalue weighted by atomic mass is 9.80. The standard InChI is InChI=1S/C15H14BFO3/c17-14-9-8-13(16(18)19)11-15(14)20-10-4-7-12-5-2-1-3-6-12/h1-9,11,18-19H,10H2/b7-4+. The molecule has 5 heteroatoms. The number of ether oxygens (including phenoxy) is 1. The number of rotatable bonds is 5. The summed E-state index contributed by atoms with van der Waals surface area (Å²) in [5.74, 6) is -0.546. The van der Waals surface area contributed by atoms with Crippen molar-refractivity contribution in [3.05, 3.63) is 66.0 Å². The van der Waals surface area contributed by atoms with Gasteiger partial charge in [-0.2, -0.15) is 0 Å². The van der Waals surface area contributed by atoms with Crippen molar-refractivity contribution >= 4 is 18.7 Å². The van der Waals surface area contributed by atoms with E-state index in [9.17, 15) is 4.39 Å². The van der Waals surface area contributed by atoms with Gasteiger partial charge in [-0.1, -0.05) is 42.5 Å². The summed E-state index contributed by atoms with van der Waals surface area (Å²) >= 11 is 0. The second-order valence-electron chi connectivity index (χ2n) is 4.19. The van der Waals surface area contributed by atoms with E-state index >= 15 is 0 Å². The maximum Gasteiger partial charge on any atom is 0.488 e. The fourth-order valence-corrected chi connectivity index (χ4v) is 1.68. The van der Waals surface area contributed by atoms with Gasteiger partial charge in [0, 0.05) is 0 Å². The Balaban J connectivity index is 1.97. The van der Waals surface area contributed by atoms with Crippen LogP contribution in [0.5, 0.6) is 5.75 Å². The summed E-state index contributed by atoms with van der Waals surface area (Å²) in [6.07, 6.45) is 3.62. The third-order valence-electron chi connectivity index (χ3n) is 2.70. The quantitative estimate of drug-likeness (QED) is 0.813. The van der Waals surface area contributed by atoms with Crippen LogP contribution in [0, 0.1) is 5.82 Å². The molecule has 0 amide bonds. The van der Waals surface area contributed by atoms with Crippen molar-refractivity contribution in [1.82, 2.24) is 0 Å². The Hall–Kier alpha value is -2.11. The van der Waals surface area contributed by atoms with Crippen molar-refractivity contribution in [2.24, 2.45) is 0 Å². The maximum atomic E-state index is 13.5. The van der Waals surface area contributed by atoms with Crippen molar-refractivity contribution < 1.29 is 19.2 Å². The topological polar surface area (TPSA) is 49.7 Å². The smallest absolute Gasteiger partial charge is 0.486 e. The SMILES string of the molecule is OB(O)c1ccc(F)c(OC/C=C/c2ccccc2)c1. The van der Waals surface area contributed by atoms with Gasteiger partial charge >= 0.3 is 7.12 Å². The summed E-state index contributed by atoms with van der Waals surface area (Å²) in [6.45, 7) is 0.191. The van der Waals surface area contributed by atoms with E-state index in [1.807, 2.05) is 36.4 Å². The van der Waals surface area contributed by atoms with Gasteiger partial charge in [-0.05, 0) is 29.2 Å². The van der Waals surface area contributed by atoms with Crippen LogP contribution in [0.25, 0.3) is 6.08 Å². The van der Waals surface area contributed by atoms with Gasteiger partial charge in [-0.3, -0.25) is 0 Å². The summed E-state index contributed by atoms with van der Waals surface area (Å²) in [7, 11) is -1.64. The molecule has 0 saturated heterocycles. The van der Waals surface area contributed by atoms with Gasteiger partial charge in [-0.15, -0.1) is 0 Å². The molecule has 20 heavy (non-hydrogen) atoms. The zero-order valence-electron chi connectivity index (χ0n) is 10.7. The highest BCUT2D eigenvalue weighted by atomic mass is 19.1. The highest BCUT2D eigenvalue weighted by Crippen LogP contribution is 2.14. The Kier molecular flexibility index (Phi) is 4.93. The Labute approximate surface area is 117 Å². The fraction of sp³-hybridized carbons (Fsp3) is 0.0667. The lowest BCUT2D eigenvalue weighted by Crippen LogP contribution is -2.29. The predicted molar refractivity (Wildman–Crippen MR) is 77.2 cm³/mol. The highest BCUT2D eigenvalue weighted by Gasteiger charge is 2.13. The molecular weight excluding hydrogens is 258 g/mol. The average molecular weight is 272 g/mol. The highest BCUT2D eigenvalue weighted by molar-refractivity contribution is 6.58. The number of hydrogen-bond donors (Lipinski definition) is 2. The molecule has 0 aliphatic heterocycles. The molecule has 2 aromatic rings. The van der Waals surface area contributed by atoms with E-state index in [2.05, 4.69) is 0 Å². The molecule has 0 heterocycles. The number of benzene rings is 2. The fourth-order valence-electron chi connectivity index (χ4n) is 1.68. The molecule has 0 unspecified atom stereocenters. The largest absolute Gasteiger partial charge is 0.488 e. The van der Waals surface area contributed by atoms with E-state index in [1.54, 1.807) is 6.08 Å². The predicted octanol–water partition coefficient (Wildman–Crippen LogP) is 1.60. The van der Waals surface area contributed by atoms with Gasteiger partial charge in [0.25, 0.3) is 0 Å². The summed E-state index contributed by atoms with van der Waals surface area (Å²) in [5, 5.41) is 18.0. The van der Waals surface area contributed by atoms with Crippen LogP contribution in [0.2, 0.25) is 0 Å². The van der Waals surface area contributed by atoms with Crippen LogP contribution in [0.4, 0.5) is 4.39 Å². The van der Waals surface area contributed by atoms with Gasteiger partial charge in [0.1, 0.15) is 6.61 Å². The van der Waals surface area contributed by atoms with Crippen LogP contribution in [0.15, 0.2) is 54.6 Å². The lowest BCUT2D eigenvalue weighted by Gasteiger charge is -2.07. The van der Waals surface area contributed by atoms with Crippen LogP contribution in [0.1, 0.15) is 5.56 Å². The van der Waals surface area contributed by atoms with Gasteiger partial charge in [-0.25, -0.2) is 4.39 Å². The van der Waals surface area contributed by atoms with Crippen molar-refractivity contribution in [3.63, 3.8) is 0 Å². The van der Waals surface area contributed by atoms with Crippen molar-refractivity contribution in [3.8, 4) is 5.75 Å². The maximum absolute atomic E-state index is 13.5. The minimum Gasteiger partial charge on any atom is -0.486 e. The minimum absolute atomic E-state index is 0.00619. The van der Waals surface area contributed by atoms with Gasteiger partial charge in [0.05, 0.1) is 0 Å². The summed E-state index contributed by atoms with van der Waals surface area (Å²) in [4.78, 5) is 0. The monoisotopic (exact) mass is 272 g/mol. The van der Waals surface area contributed by atoms with Crippen LogP contribution in [-0.4, -0.2) is 23.8 Å². The lowest BCUT2D eigenvalue weighted by molar-refractivity contribution is 0.342. The normalized spacial score (nSPS) is 10.8. The van der Waals surface area contributed by atoms with Crippen LogP contribution >= 0.6 is 0 Å². The van der Waals surface area contributed by atoms with Crippen molar-refractivity contribution in [1.29, 1.82) is 0 Å². The van der Waals surface area contributed by atoms with E-state index in [4.69, 9.17) is 14.8 Å². The first-order chi connectivity index (χ1) is 9.66. The Morgan fingerprint density at radius 1 is 1.10 bits per heavy atom. The van der Waals surface area contributed by atoms with E-state index in [1.165, 1.54) is 12.1 Å².